The van der Waals surface area contributed by atoms with Crippen molar-refractivity contribution < 1.29 is 14.3 Å². The molecular formula is C19H25NO3. The largest absolute Gasteiger partial charge is 0.481 e. The Labute approximate surface area is 136 Å². The molecule has 2 N–H and O–H groups in total. The van der Waals surface area contributed by atoms with Crippen LogP contribution < -0.4 is 5.32 Å². The highest BCUT2D eigenvalue weighted by Gasteiger charge is 2.31. The van der Waals surface area contributed by atoms with E-state index in [4.69, 9.17) is 4.42 Å². The van der Waals surface area contributed by atoms with Gasteiger partial charge in [0.25, 0.3) is 0 Å². The number of hydrogen-bond donors (Lipinski definition) is 2. The van der Waals surface area contributed by atoms with Gasteiger partial charge in [0.1, 0.15) is 11.3 Å². The predicted molar refractivity (Wildman–Crippen MR) is 90.6 cm³/mol. The van der Waals surface area contributed by atoms with Crippen LogP contribution in [0.4, 0.5) is 0 Å². The molecule has 2 aromatic rings. The Morgan fingerprint density at radius 2 is 2.22 bits per heavy atom. The van der Waals surface area contributed by atoms with Crippen molar-refractivity contribution in [2.75, 3.05) is 13.1 Å². The van der Waals surface area contributed by atoms with Crippen LogP contribution in [0.3, 0.4) is 0 Å². The summed E-state index contributed by atoms with van der Waals surface area (Å²) in [4.78, 5) is 11.6. The van der Waals surface area contributed by atoms with Crippen LogP contribution in [-0.4, -0.2) is 24.2 Å². The Kier molecular flexibility index (Phi) is 4.71. The highest BCUT2D eigenvalue weighted by atomic mass is 16.4. The van der Waals surface area contributed by atoms with E-state index in [0.29, 0.717) is 12.3 Å². The molecule has 2 atom stereocenters. The fourth-order valence-corrected chi connectivity index (χ4v) is 3.57. The second-order valence-corrected chi connectivity index (χ2v) is 7.05. The van der Waals surface area contributed by atoms with Crippen molar-refractivity contribution in [1.29, 1.82) is 0 Å². The van der Waals surface area contributed by atoms with Crippen LogP contribution in [0.15, 0.2) is 28.7 Å². The molecule has 1 aliphatic rings. The highest BCUT2D eigenvalue weighted by molar-refractivity contribution is 5.81. The smallest absolute Gasteiger partial charge is 0.307 e. The average molecular weight is 315 g/mol. The van der Waals surface area contributed by atoms with Gasteiger partial charge in [0.05, 0.1) is 5.92 Å². The monoisotopic (exact) mass is 315 g/mol. The zero-order valence-corrected chi connectivity index (χ0v) is 13.8. The summed E-state index contributed by atoms with van der Waals surface area (Å²) in [5.74, 6) is 0.442. The van der Waals surface area contributed by atoms with E-state index < -0.39 is 5.97 Å². The topological polar surface area (TPSA) is 62.5 Å². The molecule has 0 bridgehead atoms. The molecule has 0 spiro atoms. The minimum absolute atomic E-state index is 0.191. The van der Waals surface area contributed by atoms with Crippen molar-refractivity contribution in [3.63, 3.8) is 0 Å². The molecule has 124 valence electrons. The van der Waals surface area contributed by atoms with Crippen LogP contribution in [0, 0.1) is 17.8 Å². The second-order valence-electron chi connectivity index (χ2n) is 7.05. The fraction of sp³-hybridized carbons (Fsp3) is 0.526. The highest BCUT2D eigenvalue weighted by Crippen LogP contribution is 2.29. The van der Waals surface area contributed by atoms with E-state index in [1.54, 1.807) is 0 Å². The molecule has 1 aromatic carbocycles. The number of rotatable bonds is 6. The summed E-state index contributed by atoms with van der Waals surface area (Å²) in [5.41, 5.74) is 2.13. The molecule has 0 unspecified atom stereocenters. The number of aliphatic carboxylic acids is 1. The van der Waals surface area contributed by atoms with Gasteiger partial charge in [0.15, 0.2) is 0 Å². The number of hydrogen-bond acceptors (Lipinski definition) is 3. The van der Waals surface area contributed by atoms with E-state index in [2.05, 4.69) is 31.3 Å². The molecule has 0 radical (unpaired) electrons. The molecule has 1 saturated heterocycles. The standard InChI is InChI=1S/C19H25NO3/c1-12(2)8-13-4-3-5-14-9-16(23-18(13)14)10-17(19(21)22)15-6-7-20-11-15/h3-5,9,12,15,17,20H,6-8,10-11H2,1-2H3,(H,21,22)/t15-,17-/m0/s1. The third-order valence-electron chi connectivity index (χ3n) is 4.71. The second kappa shape index (κ2) is 6.75. The zero-order valence-electron chi connectivity index (χ0n) is 13.8. The Bertz CT molecular complexity index is 683. The van der Waals surface area contributed by atoms with Gasteiger partial charge in [-0.3, -0.25) is 4.79 Å². The third kappa shape index (κ3) is 3.58. The number of carboxylic acids is 1. The molecule has 3 rings (SSSR count). The van der Waals surface area contributed by atoms with Crippen molar-refractivity contribution in [3.8, 4) is 0 Å². The van der Waals surface area contributed by atoms with Gasteiger partial charge in [-0.2, -0.15) is 0 Å². The average Bonchev–Trinajstić information content (AvgIpc) is 3.13. The molecule has 1 aromatic heterocycles. The maximum Gasteiger partial charge on any atom is 0.307 e. The zero-order chi connectivity index (χ0) is 16.4. The number of para-hydroxylation sites is 1. The summed E-state index contributed by atoms with van der Waals surface area (Å²) >= 11 is 0. The first kappa shape index (κ1) is 16.1. The Morgan fingerprint density at radius 1 is 1.39 bits per heavy atom. The van der Waals surface area contributed by atoms with Crippen molar-refractivity contribution in [1.82, 2.24) is 5.32 Å². The van der Waals surface area contributed by atoms with E-state index in [1.807, 2.05) is 12.1 Å². The van der Waals surface area contributed by atoms with Gasteiger partial charge in [0, 0.05) is 11.8 Å². The molecule has 1 aliphatic heterocycles. The molecule has 0 aliphatic carbocycles. The minimum Gasteiger partial charge on any atom is -0.481 e. The van der Waals surface area contributed by atoms with Gasteiger partial charge in [0.2, 0.25) is 0 Å². The van der Waals surface area contributed by atoms with E-state index in [1.165, 1.54) is 5.56 Å². The fourth-order valence-electron chi connectivity index (χ4n) is 3.57. The van der Waals surface area contributed by atoms with Crippen LogP contribution in [0.2, 0.25) is 0 Å². The van der Waals surface area contributed by atoms with Crippen LogP contribution >= 0.6 is 0 Å². The number of benzene rings is 1. The van der Waals surface area contributed by atoms with Gasteiger partial charge in [-0.15, -0.1) is 0 Å². The van der Waals surface area contributed by atoms with Crippen molar-refractivity contribution >= 4 is 16.9 Å². The van der Waals surface area contributed by atoms with Crippen LogP contribution in [0.5, 0.6) is 0 Å². The Balaban J connectivity index is 1.86. The molecule has 0 saturated carbocycles. The maximum atomic E-state index is 11.6. The summed E-state index contributed by atoms with van der Waals surface area (Å²) < 4.78 is 6.06. The SMILES string of the molecule is CC(C)Cc1cccc2cc(C[C@H](C(=O)O)[C@H]3CCNC3)oc12. The summed E-state index contributed by atoms with van der Waals surface area (Å²) in [6, 6.07) is 8.20. The summed E-state index contributed by atoms with van der Waals surface area (Å²) in [7, 11) is 0. The van der Waals surface area contributed by atoms with Crippen molar-refractivity contribution in [2.45, 2.75) is 33.1 Å². The third-order valence-corrected chi connectivity index (χ3v) is 4.71. The first-order chi connectivity index (χ1) is 11.0. The van der Waals surface area contributed by atoms with E-state index in [-0.39, 0.29) is 11.8 Å². The van der Waals surface area contributed by atoms with Crippen molar-refractivity contribution in [2.24, 2.45) is 17.8 Å². The Hall–Kier alpha value is -1.81. The number of carboxylic acid groups (broad SMARTS) is 1. The molecular weight excluding hydrogens is 290 g/mol. The van der Waals surface area contributed by atoms with Crippen LogP contribution in [0.25, 0.3) is 11.0 Å². The van der Waals surface area contributed by atoms with E-state index >= 15 is 0 Å². The molecule has 4 nitrogen and oxygen atoms in total. The quantitative estimate of drug-likeness (QED) is 0.856. The lowest BCUT2D eigenvalue weighted by atomic mass is 9.88. The minimum atomic E-state index is -0.721. The summed E-state index contributed by atoms with van der Waals surface area (Å²) in [5, 5.41) is 13.9. The molecule has 1 fully saturated rings. The number of carbonyl (C=O) groups is 1. The molecule has 2 heterocycles. The lowest BCUT2D eigenvalue weighted by Crippen LogP contribution is -2.27. The first-order valence-corrected chi connectivity index (χ1v) is 8.48. The van der Waals surface area contributed by atoms with Gasteiger partial charge in [-0.1, -0.05) is 32.0 Å². The normalized spacial score (nSPS) is 19.5. The van der Waals surface area contributed by atoms with Gasteiger partial charge in [-0.05, 0) is 49.4 Å². The maximum absolute atomic E-state index is 11.6. The summed E-state index contributed by atoms with van der Waals surface area (Å²) in [6.07, 6.45) is 2.37. The number of fused-ring (bicyclic) bond motifs is 1. The predicted octanol–water partition coefficient (Wildman–Crippen LogP) is 3.48. The van der Waals surface area contributed by atoms with Gasteiger partial charge in [-0.25, -0.2) is 0 Å². The Morgan fingerprint density at radius 3 is 2.87 bits per heavy atom. The lowest BCUT2D eigenvalue weighted by Gasteiger charge is -2.17. The van der Waals surface area contributed by atoms with Gasteiger partial charge >= 0.3 is 5.97 Å². The molecule has 23 heavy (non-hydrogen) atoms. The van der Waals surface area contributed by atoms with Crippen LogP contribution in [-0.2, 0) is 17.6 Å². The lowest BCUT2D eigenvalue weighted by molar-refractivity contribution is -0.143. The van der Waals surface area contributed by atoms with Crippen molar-refractivity contribution in [3.05, 3.63) is 35.6 Å². The van der Waals surface area contributed by atoms with E-state index in [9.17, 15) is 9.90 Å². The first-order valence-electron chi connectivity index (χ1n) is 8.48. The van der Waals surface area contributed by atoms with E-state index in [0.717, 1.165) is 42.7 Å². The van der Waals surface area contributed by atoms with Gasteiger partial charge < -0.3 is 14.8 Å². The summed E-state index contributed by atoms with van der Waals surface area (Å²) in [6.45, 7) is 6.08. The number of furan rings is 1. The van der Waals surface area contributed by atoms with Crippen LogP contribution in [0.1, 0.15) is 31.6 Å². The molecule has 4 heteroatoms. The molecule has 0 amide bonds. The number of nitrogens with one attached hydrogen (secondary N) is 1.